The van der Waals surface area contributed by atoms with Crippen LogP contribution in [0.1, 0.15) is 5.69 Å². The van der Waals surface area contributed by atoms with Crippen molar-refractivity contribution < 1.29 is 0 Å². The van der Waals surface area contributed by atoms with Gasteiger partial charge in [-0.1, -0.05) is 11.6 Å². The first-order valence-electron chi connectivity index (χ1n) is 6.24. The molecule has 0 amide bonds. The van der Waals surface area contributed by atoms with Crippen LogP contribution in [0, 0.1) is 0 Å². The molecule has 0 N–H and O–H groups in total. The summed E-state index contributed by atoms with van der Waals surface area (Å²) in [5.41, 5.74) is 2.91. The maximum Gasteiger partial charge on any atom is 0.0779 e. The number of hydrogen-bond acceptors (Lipinski definition) is 4. The van der Waals surface area contributed by atoms with Gasteiger partial charge in [0.05, 0.1) is 24.0 Å². The van der Waals surface area contributed by atoms with Gasteiger partial charge in [-0.05, 0) is 24.3 Å². The second kappa shape index (κ2) is 5.43. The van der Waals surface area contributed by atoms with Crippen molar-refractivity contribution in [2.75, 3.05) is 11.9 Å². The number of fused-ring (bicyclic) bond motifs is 1. The molecule has 0 saturated carbocycles. The minimum absolute atomic E-state index is 0.690. The van der Waals surface area contributed by atoms with E-state index in [1.54, 1.807) is 24.8 Å². The highest BCUT2D eigenvalue weighted by Gasteiger charge is 2.08. The van der Waals surface area contributed by atoms with Crippen molar-refractivity contribution in [1.29, 1.82) is 0 Å². The maximum atomic E-state index is 6.01. The number of halogens is 1. The zero-order valence-electron chi connectivity index (χ0n) is 11.0. The number of nitrogens with zero attached hydrogens (tertiary/aromatic N) is 4. The zero-order chi connectivity index (χ0) is 13.9. The zero-order valence-corrected chi connectivity index (χ0v) is 11.7. The molecule has 2 heterocycles. The van der Waals surface area contributed by atoms with Crippen LogP contribution in [0.4, 0.5) is 5.69 Å². The molecule has 0 bridgehead atoms. The fraction of sp³-hybridized carbons (Fsp3) is 0.133. The summed E-state index contributed by atoms with van der Waals surface area (Å²) >= 11 is 6.01. The molecule has 5 heteroatoms. The van der Waals surface area contributed by atoms with E-state index < -0.39 is 0 Å². The first-order valence-corrected chi connectivity index (χ1v) is 6.62. The van der Waals surface area contributed by atoms with Crippen molar-refractivity contribution in [2.45, 2.75) is 6.54 Å². The molecule has 100 valence electrons. The molecule has 0 spiro atoms. The Morgan fingerprint density at radius 2 is 2.00 bits per heavy atom. The predicted octanol–water partition coefficient (Wildman–Crippen LogP) is 3.31. The van der Waals surface area contributed by atoms with Crippen LogP contribution in [-0.2, 0) is 6.54 Å². The first-order chi connectivity index (χ1) is 9.74. The van der Waals surface area contributed by atoms with Gasteiger partial charge in [0.2, 0.25) is 0 Å². The van der Waals surface area contributed by atoms with Crippen LogP contribution in [0.5, 0.6) is 0 Å². The molecule has 0 aliphatic rings. The van der Waals surface area contributed by atoms with Gasteiger partial charge in [-0.25, -0.2) is 0 Å². The van der Waals surface area contributed by atoms with Gasteiger partial charge in [0.15, 0.2) is 0 Å². The second-order valence-electron chi connectivity index (χ2n) is 4.54. The lowest BCUT2D eigenvalue weighted by Gasteiger charge is -2.20. The van der Waals surface area contributed by atoms with Gasteiger partial charge in [-0.2, -0.15) is 0 Å². The summed E-state index contributed by atoms with van der Waals surface area (Å²) in [6.45, 7) is 0.690. The van der Waals surface area contributed by atoms with E-state index in [1.807, 2.05) is 31.3 Å². The Bertz CT molecular complexity index is 730. The molecule has 3 aromatic rings. The third-order valence-corrected chi connectivity index (χ3v) is 3.34. The molecule has 20 heavy (non-hydrogen) atoms. The van der Waals surface area contributed by atoms with Crippen LogP contribution in [0.3, 0.4) is 0 Å². The Morgan fingerprint density at radius 3 is 2.80 bits per heavy atom. The summed E-state index contributed by atoms with van der Waals surface area (Å²) in [5, 5.41) is 1.77. The predicted molar refractivity (Wildman–Crippen MR) is 80.9 cm³/mol. The summed E-state index contributed by atoms with van der Waals surface area (Å²) in [5.74, 6) is 0. The van der Waals surface area contributed by atoms with Crippen molar-refractivity contribution >= 4 is 28.2 Å². The highest BCUT2D eigenvalue weighted by Crippen LogP contribution is 2.27. The number of pyridine rings is 1. The Labute approximate surface area is 122 Å². The molecule has 0 aliphatic heterocycles. The van der Waals surface area contributed by atoms with Gasteiger partial charge < -0.3 is 4.90 Å². The summed E-state index contributed by atoms with van der Waals surface area (Å²) in [7, 11) is 2.03. The minimum Gasteiger partial charge on any atom is -0.368 e. The van der Waals surface area contributed by atoms with Crippen LogP contribution >= 0.6 is 11.6 Å². The maximum absolute atomic E-state index is 6.01. The van der Waals surface area contributed by atoms with E-state index in [9.17, 15) is 0 Å². The lowest BCUT2D eigenvalue weighted by molar-refractivity contribution is 0.876. The Hall–Kier alpha value is -2.20. The summed E-state index contributed by atoms with van der Waals surface area (Å²) < 4.78 is 0. The first kappa shape index (κ1) is 12.8. The molecule has 4 nitrogen and oxygen atoms in total. The highest BCUT2D eigenvalue weighted by molar-refractivity contribution is 6.31. The molecular formula is C15H13ClN4. The van der Waals surface area contributed by atoms with E-state index in [1.165, 1.54) is 0 Å². The number of aromatic nitrogens is 3. The number of rotatable bonds is 3. The van der Waals surface area contributed by atoms with Crippen LogP contribution < -0.4 is 4.90 Å². The quantitative estimate of drug-likeness (QED) is 0.740. The van der Waals surface area contributed by atoms with Gasteiger partial charge >= 0.3 is 0 Å². The van der Waals surface area contributed by atoms with E-state index in [-0.39, 0.29) is 0 Å². The van der Waals surface area contributed by atoms with Gasteiger partial charge in [0.25, 0.3) is 0 Å². The summed E-state index contributed by atoms with van der Waals surface area (Å²) in [6.07, 6.45) is 6.94. The van der Waals surface area contributed by atoms with Crippen molar-refractivity contribution in [3.05, 3.63) is 59.8 Å². The van der Waals surface area contributed by atoms with E-state index in [4.69, 9.17) is 11.6 Å². The van der Waals surface area contributed by atoms with Crippen LogP contribution in [0.25, 0.3) is 10.9 Å². The van der Waals surface area contributed by atoms with Crippen LogP contribution in [0.15, 0.2) is 49.1 Å². The Balaban J connectivity index is 1.97. The molecule has 0 atom stereocenters. The largest absolute Gasteiger partial charge is 0.368 e. The van der Waals surface area contributed by atoms with E-state index in [0.29, 0.717) is 11.6 Å². The van der Waals surface area contributed by atoms with Gasteiger partial charge in [-0.15, -0.1) is 0 Å². The second-order valence-corrected chi connectivity index (χ2v) is 4.98. The lowest BCUT2D eigenvalue weighted by atomic mass is 10.1. The van der Waals surface area contributed by atoms with Crippen molar-refractivity contribution in [3.63, 3.8) is 0 Å². The Morgan fingerprint density at radius 1 is 1.10 bits per heavy atom. The van der Waals surface area contributed by atoms with Gasteiger partial charge in [0, 0.05) is 41.7 Å². The standard InChI is InChI=1S/C15H13ClN4/c1-20(10-12-9-17-6-7-18-12)15-4-5-19-14-8-11(16)2-3-13(14)15/h2-9H,10H2,1H3. The average molecular weight is 285 g/mol. The average Bonchev–Trinajstić information content (AvgIpc) is 2.47. The number of anilines is 1. The summed E-state index contributed by atoms with van der Waals surface area (Å²) in [4.78, 5) is 14.9. The minimum atomic E-state index is 0.690. The third kappa shape index (κ3) is 2.56. The molecule has 1 aromatic carbocycles. The van der Waals surface area contributed by atoms with Crippen molar-refractivity contribution in [2.24, 2.45) is 0 Å². The van der Waals surface area contributed by atoms with Gasteiger partial charge in [0.1, 0.15) is 0 Å². The van der Waals surface area contributed by atoms with Crippen molar-refractivity contribution in [3.8, 4) is 0 Å². The third-order valence-electron chi connectivity index (χ3n) is 3.11. The normalized spacial score (nSPS) is 10.7. The number of benzene rings is 1. The molecule has 3 rings (SSSR count). The Kier molecular flexibility index (Phi) is 3.48. The molecule has 0 radical (unpaired) electrons. The summed E-state index contributed by atoms with van der Waals surface area (Å²) in [6, 6.07) is 7.74. The van der Waals surface area contributed by atoms with E-state index in [0.717, 1.165) is 22.3 Å². The van der Waals surface area contributed by atoms with Crippen molar-refractivity contribution in [1.82, 2.24) is 15.0 Å². The number of hydrogen-bond donors (Lipinski definition) is 0. The fourth-order valence-corrected chi connectivity index (χ4v) is 2.35. The van der Waals surface area contributed by atoms with E-state index >= 15 is 0 Å². The molecule has 0 fully saturated rings. The monoisotopic (exact) mass is 284 g/mol. The fourth-order valence-electron chi connectivity index (χ4n) is 2.18. The van der Waals surface area contributed by atoms with Crippen LogP contribution in [-0.4, -0.2) is 22.0 Å². The molecule has 2 aromatic heterocycles. The van der Waals surface area contributed by atoms with E-state index in [2.05, 4.69) is 19.9 Å². The van der Waals surface area contributed by atoms with Gasteiger partial charge in [-0.3, -0.25) is 15.0 Å². The SMILES string of the molecule is CN(Cc1cnccn1)c1ccnc2cc(Cl)ccc12. The smallest absolute Gasteiger partial charge is 0.0779 e. The lowest BCUT2D eigenvalue weighted by Crippen LogP contribution is -2.17. The molecular weight excluding hydrogens is 272 g/mol. The molecule has 0 unspecified atom stereocenters. The highest BCUT2D eigenvalue weighted by atomic mass is 35.5. The molecule has 0 aliphatic carbocycles. The topological polar surface area (TPSA) is 41.9 Å². The van der Waals surface area contributed by atoms with Crippen LogP contribution in [0.2, 0.25) is 5.02 Å². The molecule has 0 saturated heterocycles.